The van der Waals surface area contributed by atoms with Crippen LogP contribution in [0.4, 0.5) is 0 Å². The highest BCUT2D eigenvalue weighted by atomic mass is 16.5. The zero-order valence-corrected chi connectivity index (χ0v) is 18.1. The minimum atomic E-state index is -0.709. The van der Waals surface area contributed by atoms with Gasteiger partial charge in [0.1, 0.15) is 5.41 Å². The summed E-state index contributed by atoms with van der Waals surface area (Å²) >= 11 is 0. The summed E-state index contributed by atoms with van der Waals surface area (Å²) in [6.07, 6.45) is 5.83. The number of nitrogens with zero attached hydrogens (tertiary/aromatic N) is 2. The van der Waals surface area contributed by atoms with Crippen LogP contribution in [0.1, 0.15) is 35.7 Å². The third-order valence-electron chi connectivity index (χ3n) is 6.46. The Hall–Kier alpha value is -2.92. The van der Waals surface area contributed by atoms with E-state index in [1.165, 1.54) is 0 Å². The summed E-state index contributed by atoms with van der Waals surface area (Å²) < 4.78 is 5.45. The number of hydrogen-bond acceptors (Lipinski definition) is 4. The van der Waals surface area contributed by atoms with E-state index >= 15 is 0 Å². The Morgan fingerprint density at radius 1 is 0.968 bits per heavy atom. The fourth-order valence-electron chi connectivity index (χ4n) is 4.68. The maximum atomic E-state index is 12.9. The molecule has 0 bridgehead atoms. The molecule has 5 heteroatoms. The summed E-state index contributed by atoms with van der Waals surface area (Å²) in [7, 11) is 0. The van der Waals surface area contributed by atoms with E-state index in [0.717, 1.165) is 50.1 Å². The first-order valence-electron chi connectivity index (χ1n) is 11.1. The first-order valence-corrected chi connectivity index (χ1v) is 11.1. The molecule has 0 saturated carbocycles. The number of carbonyl (C=O) groups excluding carboxylic acids is 2. The van der Waals surface area contributed by atoms with Crippen LogP contribution in [0.3, 0.4) is 0 Å². The second-order valence-corrected chi connectivity index (χ2v) is 8.22. The second-order valence-electron chi connectivity index (χ2n) is 8.22. The minimum absolute atomic E-state index is 0.102. The van der Waals surface area contributed by atoms with Crippen molar-refractivity contribution in [3.05, 3.63) is 83.9 Å². The van der Waals surface area contributed by atoms with Crippen LogP contribution >= 0.6 is 0 Å². The highest BCUT2D eigenvalue weighted by Crippen LogP contribution is 2.37. The van der Waals surface area contributed by atoms with E-state index in [0.29, 0.717) is 6.61 Å². The predicted molar refractivity (Wildman–Crippen MR) is 121 cm³/mol. The van der Waals surface area contributed by atoms with Gasteiger partial charge in [0.15, 0.2) is 0 Å². The molecule has 0 radical (unpaired) electrons. The molecule has 1 fully saturated rings. The van der Waals surface area contributed by atoms with Crippen LogP contribution in [0.2, 0.25) is 0 Å². The molecule has 2 unspecified atom stereocenters. The van der Waals surface area contributed by atoms with E-state index < -0.39 is 5.41 Å². The lowest BCUT2D eigenvalue weighted by Gasteiger charge is -2.42. The summed E-state index contributed by atoms with van der Waals surface area (Å²) in [5.41, 5.74) is 1.02. The molecule has 0 aromatic heterocycles. The first-order chi connectivity index (χ1) is 15.1. The molecule has 1 aliphatic carbocycles. The number of piperazine rings is 1. The van der Waals surface area contributed by atoms with Crippen molar-refractivity contribution in [1.82, 2.24) is 9.80 Å². The van der Waals surface area contributed by atoms with Crippen LogP contribution in [-0.4, -0.2) is 60.5 Å². The lowest BCUT2D eigenvalue weighted by atomic mass is 9.72. The molecule has 4 rings (SSSR count). The number of ether oxygens (including phenoxy) is 1. The van der Waals surface area contributed by atoms with E-state index in [-0.39, 0.29) is 17.9 Å². The van der Waals surface area contributed by atoms with Crippen LogP contribution in [0, 0.1) is 0 Å². The van der Waals surface area contributed by atoms with Crippen LogP contribution in [0.5, 0.6) is 0 Å². The number of esters is 1. The second kappa shape index (κ2) is 9.48. The van der Waals surface area contributed by atoms with Crippen LogP contribution in [0.15, 0.2) is 72.8 Å². The monoisotopic (exact) mass is 418 g/mol. The maximum Gasteiger partial charge on any atom is 0.320 e. The van der Waals surface area contributed by atoms with Gasteiger partial charge in [0.25, 0.3) is 5.91 Å². The predicted octanol–water partition coefficient (Wildman–Crippen LogP) is 3.66. The Balaban J connectivity index is 1.43. The highest BCUT2D eigenvalue weighted by molar-refractivity contribution is 5.94. The average molecular weight is 419 g/mol. The quantitative estimate of drug-likeness (QED) is 0.549. The molecule has 2 atom stereocenters. The molecule has 162 valence electrons. The number of rotatable bonds is 5. The highest BCUT2D eigenvalue weighted by Gasteiger charge is 2.42. The average Bonchev–Trinajstić information content (AvgIpc) is 2.85. The molecule has 31 heavy (non-hydrogen) atoms. The van der Waals surface area contributed by atoms with Gasteiger partial charge in [0, 0.05) is 37.8 Å². The molecular formula is C26H30N2O3. The third-order valence-corrected chi connectivity index (χ3v) is 6.46. The Morgan fingerprint density at radius 3 is 2.19 bits per heavy atom. The standard InChI is InChI=1S/C26H30N2O3/c1-2-31-25(30)26(22-11-7-4-8-12-22)15-13-23(14-16-26)27-17-19-28(20-18-27)24(29)21-9-5-3-6-10-21/h3-13,15,23H,2,14,16-20H2,1H3. The lowest BCUT2D eigenvalue weighted by Crippen LogP contribution is -2.53. The van der Waals surface area contributed by atoms with E-state index in [2.05, 4.69) is 17.1 Å². The third kappa shape index (κ3) is 4.42. The smallest absolute Gasteiger partial charge is 0.320 e. The summed E-state index contributed by atoms with van der Waals surface area (Å²) in [5, 5.41) is 0. The van der Waals surface area contributed by atoms with Crippen molar-refractivity contribution in [2.24, 2.45) is 0 Å². The molecule has 0 N–H and O–H groups in total. The SMILES string of the molecule is CCOC(=O)C1(c2ccccc2)C=CC(N2CCN(C(=O)c3ccccc3)CC2)CC1. The molecule has 1 heterocycles. The van der Waals surface area contributed by atoms with E-state index in [1.807, 2.05) is 72.5 Å². The van der Waals surface area contributed by atoms with Crippen LogP contribution in [0.25, 0.3) is 0 Å². The van der Waals surface area contributed by atoms with Crippen molar-refractivity contribution < 1.29 is 14.3 Å². The Morgan fingerprint density at radius 2 is 1.61 bits per heavy atom. The molecule has 1 aliphatic heterocycles. The fraction of sp³-hybridized carbons (Fsp3) is 0.385. The molecule has 5 nitrogen and oxygen atoms in total. The normalized spacial score (nSPS) is 24.0. The van der Waals surface area contributed by atoms with Crippen molar-refractivity contribution in [2.45, 2.75) is 31.2 Å². The van der Waals surface area contributed by atoms with E-state index in [1.54, 1.807) is 0 Å². The molecule has 0 spiro atoms. The van der Waals surface area contributed by atoms with Crippen molar-refractivity contribution in [1.29, 1.82) is 0 Å². The molecular weight excluding hydrogens is 388 g/mol. The number of benzene rings is 2. The number of amides is 1. The largest absolute Gasteiger partial charge is 0.465 e. The molecule has 2 aliphatic rings. The van der Waals surface area contributed by atoms with Gasteiger partial charge < -0.3 is 9.64 Å². The lowest BCUT2D eigenvalue weighted by molar-refractivity contribution is -0.148. The van der Waals surface area contributed by atoms with Crippen molar-refractivity contribution >= 4 is 11.9 Å². The van der Waals surface area contributed by atoms with Gasteiger partial charge in [-0.25, -0.2) is 0 Å². The molecule has 1 amide bonds. The summed E-state index contributed by atoms with van der Waals surface area (Å²) in [4.78, 5) is 30.0. The number of hydrogen-bond donors (Lipinski definition) is 0. The van der Waals surface area contributed by atoms with Gasteiger partial charge in [-0.1, -0.05) is 60.7 Å². The zero-order chi connectivity index (χ0) is 21.7. The first kappa shape index (κ1) is 21.3. The minimum Gasteiger partial charge on any atom is -0.465 e. The summed E-state index contributed by atoms with van der Waals surface area (Å²) in [6, 6.07) is 19.7. The van der Waals surface area contributed by atoms with Crippen LogP contribution < -0.4 is 0 Å². The summed E-state index contributed by atoms with van der Waals surface area (Å²) in [6.45, 7) is 5.35. The van der Waals surface area contributed by atoms with Crippen molar-refractivity contribution in [3.8, 4) is 0 Å². The van der Waals surface area contributed by atoms with Crippen molar-refractivity contribution in [3.63, 3.8) is 0 Å². The van der Waals surface area contributed by atoms with Crippen molar-refractivity contribution in [2.75, 3.05) is 32.8 Å². The number of carbonyl (C=O) groups is 2. The van der Waals surface area contributed by atoms with Gasteiger partial charge >= 0.3 is 5.97 Å². The molecule has 2 aromatic rings. The maximum absolute atomic E-state index is 12.9. The van der Waals surface area contributed by atoms with Gasteiger partial charge in [0.2, 0.25) is 0 Å². The Kier molecular flexibility index (Phi) is 6.52. The van der Waals surface area contributed by atoms with E-state index in [4.69, 9.17) is 4.74 Å². The molecule has 1 saturated heterocycles. The fourth-order valence-corrected chi connectivity index (χ4v) is 4.68. The zero-order valence-electron chi connectivity index (χ0n) is 18.1. The van der Waals surface area contributed by atoms with Gasteiger partial charge in [0.05, 0.1) is 6.61 Å². The van der Waals surface area contributed by atoms with Gasteiger partial charge in [-0.05, 0) is 37.5 Å². The summed E-state index contributed by atoms with van der Waals surface area (Å²) in [5.74, 6) is -0.0704. The van der Waals surface area contributed by atoms with Crippen LogP contribution in [-0.2, 0) is 14.9 Å². The van der Waals surface area contributed by atoms with E-state index in [9.17, 15) is 9.59 Å². The van der Waals surface area contributed by atoms with Gasteiger partial charge in [-0.3, -0.25) is 14.5 Å². The molecule has 2 aromatic carbocycles. The Labute approximate surface area is 184 Å². The van der Waals surface area contributed by atoms with Gasteiger partial charge in [-0.15, -0.1) is 0 Å². The topological polar surface area (TPSA) is 49.9 Å². The van der Waals surface area contributed by atoms with Gasteiger partial charge in [-0.2, -0.15) is 0 Å². The Bertz CT molecular complexity index is 920.